The number of nitroso groups, excluding NO2 is 1. The lowest BCUT2D eigenvalue weighted by atomic mass is 9.99. The maximum Gasteiger partial charge on any atom is 0.410 e. The molecule has 0 bridgehead atoms. The topological polar surface area (TPSA) is 85.3 Å². The maximum absolute atomic E-state index is 12.5. The molecule has 1 aromatic carbocycles. The average molecular weight is 348 g/mol. The summed E-state index contributed by atoms with van der Waals surface area (Å²) in [4.78, 5) is 37.2. The monoisotopic (exact) mass is 348 g/mol. The Balaban J connectivity index is 1.97. The number of benzene rings is 1. The smallest absolute Gasteiger partial charge is 0.410 e. The Morgan fingerprint density at radius 3 is 2.60 bits per heavy atom. The highest BCUT2D eigenvalue weighted by molar-refractivity contribution is 5.85. The van der Waals surface area contributed by atoms with Crippen LogP contribution in [0.3, 0.4) is 0 Å². The molecule has 1 amide bonds. The van der Waals surface area contributed by atoms with Crippen LogP contribution in [0.2, 0.25) is 0 Å². The normalized spacial score (nSPS) is 19.2. The van der Waals surface area contributed by atoms with Crippen molar-refractivity contribution in [2.45, 2.75) is 44.9 Å². The van der Waals surface area contributed by atoms with E-state index in [1.54, 1.807) is 45.0 Å². The molecule has 0 aromatic heterocycles. The van der Waals surface area contributed by atoms with E-state index in [1.807, 2.05) is 6.07 Å². The lowest BCUT2D eigenvalue weighted by Crippen LogP contribution is -2.50. The minimum atomic E-state index is -0.769. The van der Waals surface area contributed by atoms with Crippen LogP contribution in [0.4, 0.5) is 4.79 Å². The Hall–Kier alpha value is -2.28. The number of Topliss-reactive ketones (excluding diaryl/α,β-unsaturated/α-hetero) is 1. The zero-order chi connectivity index (χ0) is 18.4. The van der Waals surface area contributed by atoms with E-state index in [0.29, 0.717) is 12.1 Å². The van der Waals surface area contributed by atoms with Gasteiger partial charge in [-0.25, -0.2) is 4.79 Å². The molecule has 1 fully saturated rings. The first-order valence-corrected chi connectivity index (χ1v) is 8.30. The fraction of sp³-hybridized carbons (Fsp3) is 0.556. The summed E-state index contributed by atoms with van der Waals surface area (Å²) in [6.45, 7) is 6.09. The molecule has 1 aliphatic rings. The Kier molecular flexibility index (Phi) is 6.25. The van der Waals surface area contributed by atoms with Crippen molar-refractivity contribution in [2.24, 2.45) is 5.18 Å². The highest BCUT2D eigenvalue weighted by Gasteiger charge is 2.33. The molecule has 7 nitrogen and oxygen atoms in total. The first kappa shape index (κ1) is 19.1. The van der Waals surface area contributed by atoms with Gasteiger partial charge in [0.25, 0.3) is 0 Å². The number of hydrogen-bond acceptors (Lipinski definition) is 6. The number of rotatable bonds is 5. The second-order valence-electron chi connectivity index (χ2n) is 6.99. The molecule has 7 heteroatoms. The van der Waals surface area contributed by atoms with Crippen LogP contribution in [0, 0.1) is 4.91 Å². The van der Waals surface area contributed by atoms with E-state index in [1.165, 1.54) is 4.90 Å². The third kappa shape index (κ3) is 5.63. The Morgan fingerprint density at radius 1 is 1.32 bits per heavy atom. The molecule has 0 N–H and O–H groups in total. The zero-order valence-corrected chi connectivity index (χ0v) is 14.8. The third-order valence-corrected chi connectivity index (χ3v) is 3.78. The second kappa shape index (κ2) is 8.20. The number of morpholine rings is 1. The SMILES string of the molecule is CC(C)(C)OC(=O)N1CCOC(C(=O)CC(N=O)c2ccccc2)C1. The summed E-state index contributed by atoms with van der Waals surface area (Å²) in [5.41, 5.74) is 0.0833. The highest BCUT2D eigenvalue weighted by atomic mass is 16.6. The quantitative estimate of drug-likeness (QED) is 0.763. The van der Waals surface area contributed by atoms with Crippen LogP contribution in [0.1, 0.15) is 38.8 Å². The Labute approximate surface area is 147 Å². The first-order chi connectivity index (χ1) is 11.8. The third-order valence-electron chi connectivity index (χ3n) is 3.78. The van der Waals surface area contributed by atoms with Crippen molar-refractivity contribution in [3.63, 3.8) is 0 Å². The van der Waals surface area contributed by atoms with Gasteiger partial charge in [-0.3, -0.25) is 4.79 Å². The number of carbonyl (C=O) groups excluding carboxylic acids is 2. The molecule has 2 atom stereocenters. The molecule has 25 heavy (non-hydrogen) atoms. The van der Waals surface area contributed by atoms with Gasteiger partial charge in [0.15, 0.2) is 5.78 Å². The summed E-state index contributed by atoms with van der Waals surface area (Å²) in [5.74, 6) is -0.248. The van der Waals surface area contributed by atoms with E-state index in [2.05, 4.69) is 5.18 Å². The predicted molar refractivity (Wildman–Crippen MR) is 92.1 cm³/mol. The van der Waals surface area contributed by atoms with Crippen molar-refractivity contribution in [2.75, 3.05) is 19.7 Å². The van der Waals surface area contributed by atoms with E-state index < -0.39 is 23.8 Å². The average Bonchev–Trinajstić information content (AvgIpc) is 2.59. The molecule has 136 valence electrons. The summed E-state index contributed by atoms with van der Waals surface area (Å²) in [7, 11) is 0. The van der Waals surface area contributed by atoms with E-state index in [-0.39, 0.29) is 25.4 Å². The summed E-state index contributed by atoms with van der Waals surface area (Å²) in [6.07, 6.45) is -1.30. The van der Waals surface area contributed by atoms with Crippen LogP contribution < -0.4 is 0 Å². The standard InChI is InChI=1S/C18H24N2O5/c1-18(2,3)25-17(22)20-9-10-24-16(12-20)15(21)11-14(19-23)13-7-5-4-6-8-13/h4-8,14,16H,9-12H2,1-3H3. The molecule has 1 aliphatic heterocycles. The number of hydrogen-bond donors (Lipinski definition) is 0. The van der Waals surface area contributed by atoms with Gasteiger partial charge in [0.1, 0.15) is 17.7 Å². The van der Waals surface area contributed by atoms with Gasteiger partial charge in [0.05, 0.1) is 13.2 Å². The molecule has 0 radical (unpaired) electrons. The molecular formula is C18H24N2O5. The molecular weight excluding hydrogens is 324 g/mol. The van der Waals surface area contributed by atoms with Crippen molar-refractivity contribution in [3.8, 4) is 0 Å². The second-order valence-corrected chi connectivity index (χ2v) is 6.99. The number of amides is 1. The van der Waals surface area contributed by atoms with Gasteiger partial charge in [-0.15, -0.1) is 0 Å². The molecule has 1 heterocycles. The number of carbonyl (C=O) groups is 2. The van der Waals surface area contributed by atoms with E-state index >= 15 is 0 Å². The lowest BCUT2D eigenvalue weighted by molar-refractivity contribution is -0.136. The van der Waals surface area contributed by atoms with Crippen molar-refractivity contribution in [3.05, 3.63) is 40.8 Å². The van der Waals surface area contributed by atoms with Gasteiger partial charge in [-0.05, 0) is 26.3 Å². The summed E-state index contributed by atoms with van der Waals surface area (Å²) < 4.78 is 10.8. The van der Waals surface area contributed by atoms with Crippen LogP contribution in [-0.2, 0) is 14.3 Å². The fourth-order valence-electron chi connectivity index (χ4n) is 2.55. The van der Waals surface area contributed by atoms with Crippen molar-refractivity contribution in [1.29, 1.82) is 0 Å². The van der Waals surface area contributed by atoms with Crippen LogP contribution in [0.25, 0.3) is 0 Å². The van der Waals surface area contributed by atoms with Crippen molar-refractivity contribution < 1.29 is 19.1 Å². The van der Waals surface area contributed by atoms with E-state index in [4.69, 9.17) is 9.47 Å². The van der Waals surface area contributed by atoms with Crippen LogP contribution in [-0.4, -0.2) is 48.2 Å². The summed E-state index contributed by atoms with van der Waals surface area (Å²) in [5, 5.41) is 3.06. The minimum Gasteiger partial charge on any atom is -0.444 e. The predicted octanol–water partition coefficient (Wildman–Crippen LogP) is 3.09. The Bertz CT molecular complexity index is 612. The highest BCUT2D eigenvalue weighted by Crippen LogP contribution is 2.23. The molecule has 0 saturated carbocycles. The number of ether oxygens (including phenoxy) is 2. The lowest BCUT2D eigenvalue weighted by Gasteiger charge is -2.33. The van der Waals surface area contributed by atoms with Gasteiger partial charge in [-0.1, -0.05) is 35.5 Å². The van der Waals surface area contributed by atoms with Crippen LogP contribution in [0.15, 0.2) is 35.5 Å². The largest absolute Gasteiger partial charge is 0.444 e. The molecule has 0 spiro atoms. The summed E-state index contributed by atoms with van der Waals surface area (Å²) >= 11 is 0. The van der Waals surface area contributed by atoms with Gasteiger partial charge in [-0.2, -0.15) is 4.91 Å². The Morgan fingerprint density at radius 2 is 2.00 bits per heavy atom. The first-order valence-electron chi connectivity index (χ1n) is 8.30. The maximum atomic E-state index is 12.5. The van der Waals surface area contributed by atoms with Crippen molar-refractivity contribution in [1.82, 2.24) is 4.90 Å². The van der Waals surface area contributed by atoms with E-state index in [9.17, 15) is 14.5 Å². The zero-order valence-electron chi connectivity index (χ0n) is 14.8. The molecule has 1 saturated heterocycles. The summed E-state index contributed by atoms with van der Waals surface area (Å²) in [6, 6.07) is 8.17. The molecule has 2 unspecified atom stereocenters. The van der Waals surface area contributed by atoms with Gasteiger partial charge in [0.2, 0.25) is 0 Å². The molecule has 2 rings (SSSR count). The van der Waals surface area contributed by atoms with Crippen molar-refractivity contribution >= 4 is 11.9 Å². The van der Waals surface area contributed by atoms with Gasteiger partial charge in [0, 0.05) is 13.0 Å². The number of ketones is 1. The van der Waals surface area contributed by atoms with Gasteiger partial charge < -0.3 is 14.4 Å². The number of nitrogens with zero attached hydrogens (tertiary/aromatic N) is 2. The fourth-order valence-corrected chi connectivity index (χ4v) is 2.55. The van der Waals surface area contributed by atoms with Crippen LogP contribution in [0.5, 0.6) is 0 Å². The molecule has 1 aromatic rings. The van der Waals surface area contributed by atoms with Crippen LogP contribution >= 0.6 is 0 Å². The minimum absolute atomic E-state index is 0.0552. The van der Waals surface area contributed by atoms with E-state index in [0.717, 1.165) is 0 Å². The molecule has 0 aliphatic carbocycles. The van der Waals surface area contributed by atoms with Gasteiger partial charge >= 0.3 is 6.09 Å².